The molecule has 1 amide bonds. The van der Waals surface area contributed by atoms with Gasteiger partial charge in [-0.05, 0) is 36.7 Å². The smallest absolute Gasteiger partial charge is 0.230 e. The van der Waals surface area contributed by atoms with Crippen molar-refractivity contribution in [2.24, 2.45) is 17.1 Å². The summed E-state index contributed by atoms with van der Waals surface area (Å²) in [6.45, 7) is 2.94. The highest BCUT2D eigenvalue weighted by atomic mass is 32.1. The lowest BCUT2D eigenvalue weighted by Crippen LogP contribution is -2.46. The van der Waals surface area contributed by atoms with Crippen LogP contribution in [0.15, 0.2) is 30.3 Å². The summed E-state index contributed by atoms with van der Waals surface area (Å²) in [5.41, 5.74) is 7.17. The molecule has 0 spiro atoms. The predicted octanol–water partition coefficient (Wildman–Crippen LogP) is 2.83. The zero-order valence-electron chi connectivity index (χ0n) is 12.6. The van der Waals surface area contributed by atoms with E-state index in [-0.39, 0.29) is 10.9 Å². The molecular formula is C17H24N2OS. The predicted molar refractivity (Wildman–Crippen MR) is 90.0 cm³/mol. The monoisotopic (exact) mass is 304 g/mol. The highest BCUT2D eigenvalue weighted by Crippen LogP contribution is 2.43. The van der Waals surface area contributed by atoms with Gasteiger partial charge in [-0.15, -0.1) is 0 Å². The molecule has 0 radical (unpaired) electrons. The van der Waals surface area contributed by atoms with Crippen LogP contribution in [0.25, 0.3) is 0 Å². The van der Waals surface area contributed by atoms with Gasteiger partial charge in [0.15, 0.2) is 0 Å². The minimum absolute atomic E-state index is 0.0360. The van der Waals surface area contributed by atoms with E-state index in [4.69, 9.17) is 18.0 Å². The van der Waals surface area contributed by atoms with Gasteiger partial charge in [0.2, 0.25) is 5.91 Å². The Morgan fingerprint density at radius 3 is 2.52 bits per heavy atom. The number of nitrogens with one attached hydrogen (secondary N) is 1. The first-order valence-corrected chi connectivity index (χ1v) is 8.08. The Hall–Kier alpha value is -1.42. The Morgan fingerprint density at radius 1 is 1.38 bits per heavy atom. The molecule has 21 heavy (non-hydrogen) atoms. The van der Waals surface area contributed by atoms with Crippen LogP contribution in [0.2, 0.25) is 0 Å². The van der Waals surface area contributed by atoms with E-state index in [0.29, 0.717) is 11.8 Å². The highest BCUT2D eigenvalue weighted by molar-refractivity contribution is 7.80. The molecule has 0 bridgehead atoms. The van der Waals surface area contributed by atoms with Crippen LogP contribution in [0.1, 0.15) is 38.2 Å². The minimum Gasteiger partial charge on any atom is -0.393 e. The first kappa shape index (κ1) is 16.0. The number of carbonyl (C=O) groups excluding carboxylic acids is 1. The van der Waals surface area contributed by atoms with E-state index in [2.05, 4.69) is 12.2 Å². The van der Waals surface area contributed by atoms with E-state index in [9.17, 15) is 4.79 Å². The zero-order valence-corrected chi connectivity index (χ0v) is 13.4. The van der Waals surface area contributed by atoms with Crippen molar-refractivity contribution in [2.45, 2.75) is 39.0 Å². The van der Waals surface area contributed by atoms with Crippen molar-refractivity contribution in [3.63, 3.8) is 0 Å². The maximum atomic E-state index is 12.4. The van der Waals surface area contributed by atoms with Crippen molar-refractivity contribution >= 4 is 23.1 Å². The number of amides is 1. The van der Waals surface area contributed by atoms with Crippen LogP contribution < -0.4 is 11.1 Å². The van der Waals surface area contributed by atoms with Gasteiger partial charge in [0.05, 0.1) is 10.9 Å². The molecule has 4 heteroatoms. The van der Waals surface area contributed by atoms with Crippen LogP contribution in [-0.2, 0) is 11.2 Å². The lowest BCUT2D eigenvalue weighted by atomic mass is 9.67. The van der Waals surface area contributed by atoms with Crippen molar-refractivity contribution in [3.8, 4) is 0 Å². The van der Waals surface area contributed by atoms with Gasteiger partial charge in [0.1, 0.15) is 0 Å². The maximum Gasteiger partial charge on any atom is 0.230 e. The van der Waals surface area contributed by atoms with Gasteiger partial charge in [0.25, 0.3) is 0 Å². The summed E-state index contributed by atoms with van der Waals surface area (Å²) < 4.78 is 0. The van der Waals surface area contributed by atoms with Gasteiger partial charge in [-0.3, -0.25) is 4.79 Å². The second-order valence-electron chi connectivity index (χ2n) is 6.07. The van der Waals surface area contributed by atoms with E-state index in [0.717, 1.165) is 18.5 Å². The van der Waals surface area contributed by atoms with E-state index >= 15 is 0 Å². The summed E-state index contributed by atoms with van der Waals surface area (Å²) in [5, 5.41) is 3.07. The number of rotatable bonds is 7. The van der Waals surface area contributed by atoms with Crippen molar-refractivity contribution in [1.29, 1.82) is 0 Å². The van der Waals surface area contributed by atoms with Crippen LogP contribution in [0.4, 0.5) is 0 Å². The van der Waals surface area contributed by atoms with Crippen LogP contribution in [-0.4, -0.2) is 17.4 Å². The quantitative estimate of drug-likeness (QED) is 0.762. The average molecular weight is 304 g/mol. The van der Waals surface area contributed by atoms with Gasteiger partial charge in [-0.25, -0.2) is 0 Å². The third kappa shape index (κ3) is 4.03. The molecule has 1 atom stereocenters. The van der Waals surface area contributed by atoms with Gasteiger partial charge < -0.3 is 11.1 Å². The Bertz CT molecular complexity index is 491. The Balaban J connectivity index is 1.94. The SMILES string of the molecule is CCC1(CNC(=O)C(Cc2ccccc2)C(N)=S)CCC1. The fraction of sp³-hybridized carbons (Fsp3) is 0.529. The Kier molecular flexibility index (Phi) is 5.34. The van der Waals surface area contributed by atoms with E-state index < -0.39 is 5.92 Å². The van der Waals surface area contributed by atoms with Crippen molar-refractivity contribution < 1.29 is 4.79 Å². The maximum absolute atomic E-state index is 12.4. The van der Waals surface area contributed by atoms with Crippen molar-refractivity contribution in [3.05, 3.63) is 35.9 Å². The summed E-state index contributed by atoms with van der Waals surface area (Å²) >= 11 is 5.09. The molecule has 0 saturated heterocycles. The molecule has 1 fully saturated rings. The molecule has 0 aromatic heterocycles. The highest BCUT2D eigenvalue weighted by Gasteiger charge is 2.36. The molecule has 1 aromatic carbocycles. The summed E-state index contributed by atoms with van der Waals surface area (Å²) in [6, 6.07) is 9.88. The summed E-state index contributed by atoms with van der Waals surface area (Å²) in [6.07, 6.45) is 5.37. The fourth-order valence-corrected chi connectivity index (χ4v) is 3.09. The van der Waals surface area contributed by atoms with Crippen LogP contribution >= 0.6 is 12.2 Å². The largest absolute Gasteiger partial charge is 0.393 e. The topological polar surface area (TPSA) is 55.1 Å². The molecule has 0 heterocycles. The third-order valence-corrected chi connectivity index (χ3v) is 5.03. The summed E-state index contributed by atoms with van der Waals surface area (Å²) in [5.74, 6) is -0.456. The fourth-order valence-electron chi connectivity index (χ4n) is 2.90. The molecule has 1 saturated carbocycles. The molecule has 1 aliphatic carbocycles. The van der Waals surface area contributed by atoms with Gasteiger partial charge in [0, 0.05) is 6.54 Å². The molecule has 2 rings (SSSR count). The van der Waals surface area contributed by atoms with Gasteiger partial charge in [-0.2, -0.15) is 0 Å². The van der Waals surface area contributed by atoms with E-state index in [1.165, 1.54) is 19.3 Å². The lowest BCUT2D eigenvalue weighted by Gasteiger charge is -2.41. The van der Waals surface area contributed by atoms with Crippen LogP contribution in [0.3, 0.4) is 0 Å². The Labute approximate surface area is 132 Å². The van der Waals surface area contributed by atoms with Gasteiger partial charge >= 0.3 is 0 Å². The van der Waals surface area contributed by atoms with E-state index in [1.54, 1.807) is 0 Å². The molecule has 1 aromatic rings. The molecule has 1 unspecified atom stereocenters. The number of carbonyl (C=O) groups is 1. The Morgan fingerprint density at radius 2 is 2.05 bits per heavy atom. The summed E-state index contributed by atoms with van der Waals surface area (Å²) in [7, 11) is 0. The third-order valence-electron chi connectivity index (χ3n) is 4.74. The van der Waals surface area contributed by atoms with Gasteiger partial charge in [-0.1, -0.05) is 55.9 Å². The molecule has 114 valence electrons. The second kappa shape index (κ2) is 7.03. The number of hydrogen-bond acceptors (Lipinski definition) is 2. The van der Waals surface area contributed by atoms with Crippen LogP contribution in [0.5, 0.6) is 0 Å². The van der Waals surface area contributed by atoms with E-state index in [1.807, 2.05) is 30.3 Å². The number of benzene rings is 1. The number of thiocarbonyl (C=S) groups is 1. The lowest BCUT2D eigenvalue weighted by molar-refractivity contribution is -0.123. The minimum atomic E-state index is -0.420. The molecule has 3 nitrogen and oxygen atoms in total. The number of nitrogens with two attached hydrogens (primary N) is 1. The molecule has 3 N–H and O–H groups in total. The average Bonchev–Trinajstić information content (AvgIpc) is 2.44. The van der Waals surface area contributed by atoms with Crippen molar-refractivity contribution in [1.82, 2.24) is 5.32 Å². The molecule has 1 aliphatic rings. The van der Waals surface area contributed by atoms with Crippen molar-refractivity contribution in [2.75, 3.05) is 6.54 Å². The first-order valence-electron chi connectivity index (χ1n) is 7.67. The molecule has 0 aliphatic heterocycles. The summed E-state index contributed by atoms with van der Waals surface area (Å²) in [4.78, 5) is 12.7. The number of hydrogen-bond donors (Lipinski definition) is 2. The molecular weight excluding hydrogens is 280 g/mol. The van der Waals surface area contributed by atoms with Crippen LogP contribution in [0, 0.1) is 11.3 Å². The first-order chi connectivity index (χ1) is 10.1. The normalized spacial score (nSPS) is 17.6. The second-order valence-corrected chi connectivity index (χ2v) is 6.54. The zero-order chi connectivity index (χ0) is 15.3. The standard InChI is InChI=1S/C17H24N2OS/c1-2-17(9-6-10-17)12-19-16(20)14(15(18)21)11-13-7-4-3-5-8-13/h3-5,7-8,14H,2,6,9-12H2,1H3,(H2,18,21)(H,19,20).